The van der Waals surface area contributed by atoms with E-state index in [1.54, 1.807) is 11.3 Å². The minimum absolute atomic E-state index is 0. The monoisotopic (exact) mass is 381 g/mol. The van der Waals surface area contributed by atoms with Gasteiger partial charge in [0.1, 0.15) is 11.0 Å². The van der Waals surface area contributed by atoms with E-state index in [9.17, 15) is 4.79 Å². The maximum atomic E-state index is 12.3. The van der Waals surface area contributed by atoms with Gasteiger partial charge in [-0.3, -0.25) is 4.79 Å². The third-order valence-corrected chi connectivity index (χ3v) is 5.51. The molecule has 1 fully saturated rings. The molecule has 7 heteroatoms. The number of nitrogens with one attached hydrogen (secondary N) is 2. The van der Waals surface area contributed by atoms with E-state index in [-0.39, 0.29) is 30.4 Å². The average Bonchev–Trinajstić information content (AvgIpc) is 2.98. The van der Waals surface area contributed by atoms with Crippen molar-refractivity contribution in [1.29, 1.82) is 0 Å². The topological polar surface area (TPSA) is 63.2 Å². The van der Waals surface area contributed by atoms with Crippen molar-refractivity contribution in [2.45, 2.75) is 32.9 Å². The molecular formula is C18H24ClN3O2S. The molecule has 1 amide bonds. The van der Waals surface area contributed by atoms with E-state index in [0.717, 1.165) is 21.1 Å². The Kier molecular flexibility index (Phi) is 6.95. The molecule has 3 rings (SSSR count). The van der Waals surface area contributed by atoms with Crippen LogP contribution in [0.2, 0.25) is 0 Å². The van der Waals surface area contributed by atoms with Gasteiger partial charge < -0.3 is 15.4 Å². The van der Waals surface area contributed by atoms with Gasteiger partial charge in [-0.2, -0.15) is 0 Å². The number of hydrogen-bond donors (Lipinski definition) is 2. The summed E-state index contributed by atoms with van der Waals surface area (Å²) in [7, 11) is 0. The van der Waals surface area contributed by atoms with Crippen LogP contribution in [0.15, 0.2) is 24.3 Å². The first-order valence-electron chi connectivity index (χ1n) is 8.20. The zero-order valence-electron chi connectivity index (χ0n) is 14.7. The second kappa shape index (κ2) is 8.76. The van der Waals surface area contributed by atoms with Crippen molar-refractivity contribution < 1.29 is 9.53 Å². The Morgan fingerprint density at radius 2 is 2.08 bits per heavy atom. The standard InChI is InChI=1S/C18H23N3O2S.ClH/c1-11-4-6-14(7-5-11)18-21-13(3)16(24-18)12(2)20-17(22)15-10-23-9-8-19-15;/h4-7,12,15,19H,8-10H2,1-3H3,(H,20,22);1H. The quantitative estimate of drug-likeness (QED) is 0.854. The number of ether oxygens (including phenoxy) is 1. The highest BCUT2D eigenvalue weighted by atomic mass is 35.5. The molecule has 1 aromatic heterocycles. The van der Waals surface area contributed by atoms with Crippen LogP contribution in [0.5, 0.6) is 0 Å². The largest absolute Gasteiger partial charge is 0.378 e. The van der Waals surface area contributed by atoms with Crippen LogP contribution in [0.3, 0.4) is 0 Å². The van der Waals surface area contributed by atoms with Gasteiger partial charge in [0.25, 0.3) is 0 Å². The Labute approximate surface area is 158 Å². The lowest BCUT2D eigenvalue weighted by molar-refractivity contribution is -0.126. The molecule has 0 aliphatic carbocycles. The van der Waals surface area contributed by atoms with Crippen LogP contribution in [0.25, 0.3) is 10.6 Å². The van der Waals surface area contributed by atoms with Crippen LogP contribution in [-0.2, 0) is 9.53 Å². The number of amides is 1. The molecule has 2 aromatic rings. The summed E-state index contributed by atoms with van der Waals surface area (Å²) < 4.78 is 5.35. The lowest BCUT2D eigenvalue weighted by atomic mass is 10.1. The van der Waals surface area contributed by atoms with Crippen LogP contribution in [0, 0.1) is 13.8 Å². The summed E-state index contributed by atoms with van der Waals surface area (Å²) in [5.74, 6) is -0.0214. The second-order valence-corrected chi connectivity index (χ2v) is 7.18. The zero-order chi connectivity index (χ0) is 17.1. The van der Waals surface area contributed by atoms with Gasteiger partial charge in [-0.1, -0.05) is 29.8 Å². The van der Waals surface area contributed by atoms with E-state index < -0.39 is 0 Å². The van der Waals surface area contributed by atoms with Gasteiger partial charge in [0, 0.05) is 12.1 Å². The summed E-state index contributed by atoms with van der Waals surface area (Å²) in [4.78, 5) is 18.1. The first kappa shape index (κ1) is 19.8. The molecule has 1 aliphatic rings. The van der Waals surface area contributed by atoms with Gasteiger partial charge in [0.15, 0.2) is 0 Å². The lowest BCUT2D eigenvalue weighted by Crippen LogP contribution is -2.51. The number of morpholine rings is 1. The van der Waals surface area contributed by atoms with Gasteiger partial charge >= 0.3 is 0 Å². The third-order valence-electron chi connectivity index (χ3n) is 4.12. The molecule has 0 spiro atoms. The average molecular weight is 382 g/mol. The smallest absolute Gasteiger partial charge is 0.240 e. The predicted molar refractivity (Wildman–Crippen MR) is 103 cm³/mol. The van der Waals surface area contributed by atoms with Crippen LogP contribution in [0.1, 0.15) is 29.1 Å². The van der Waals surface area contributed by atoms with Crippen molar-refractivity contribution in [3.05, 3.63) is 40.4 Å². The fourth-order valence-corrected chi connectivity index (χ4v) is 3.82. The number of carbonyl (C=O) groups excluding carboxylic acids is 1. The Hall–Kier alpha value is -1.47. The van der Waals surface area contributed by atoms with Gasteiger partial charge in [0.05, 0.1) is 29.8 Å². The molecule has 1 aromatic carbocycles. The molecule has 1 aliphatic heterocycles. The molecule has 25 heavy (non-hydrogen) atoms. The van der Waals surface area contributed by atoms with Gasteiger partial charge in [-0.15, -0.1) is 23.7 Å². The number of aryl methyl sites for hydroxylation is 2. The number of hydrogen-bond acceptors (Lipinski definition) is 5. The number of halogens is 1. The van der Waals surface area contributed by atoms with E-state index in [4.69, 9.17) is 4.74 Å². The maximum Gasteiger partial charge on any atom is 0.240 e. The van der Waals surface area contributed by atoms with Crippen molar-refractivity contribution >= 4 is 29.7 Å². The highest BCUT2D eigenvalue weighted by Gasteiger charge is 2.24. The van der Waals surface area contributed by atoms with Crippen LogP contribution < -0.4 is 10.6 Å². The number of aromatic nitrogens is 1. The Balaban J connectivity index is 0.00000225. The summed E-state index contributed by atoms with van der Waals surface area (Å²) in [5, 5.41) is 7.24. The minimum Gasteiger partial charge on any atom is -0.378 e. The number of rotatable bonds is 4. The molecule has 5 nitrogen and oxygen atoms in total. The van der Waals surface area contributed by atoms with Crippen LogP contribution in [0.4, 0.5) is 0 Å². The molecule has 2 N–H and O–H groups in total. The Morgan fingerprint density at radius 3 is 2.72 bits per heavy atom. The summed E-state index contributed by atoms with van der Waals surface area (Å²) in [5.41, 5.74) is 3.31. The normalized spacial score (nSPS) is 18.3. The Bertz CT molecular complexity index is 712. The molecule has 0 bridgehead atoms. The highest BCUT2D eigenvalue weighted by Crippen LogP contribution is 2.31. The number of benzene rings is 1. The number of thiazole rings is 1. The van der Waals surface area contributed by atoms with Crippen molar-refractivity contribution in [2.24, 2.45) is 0 Å². The van der Waals surface area contributed by atoms with E-state index in [2.05, 4.69) is 46.8 Å². The van der Waals surface area contributed by atoms with Crippen molar-refractivity contribution in [1.82, 2.24) is 15.6 Å². The Morgan fingerprint density at radius 1 is 1.36 bits per heavy atom. The fourth-order valence-electron chi connectivity index (χ4n) is 2.74. The van der Waals surface area contributed by atoms with Crippen molar-refractivity contribution in [3.63, 3.8) is 0 Å². The van der Waals surface area contributed by atoms with Crippen LogP contribution >= 0.6 is 23.7 Å². The molecule has 0 radical (unpaired) electrons. The second-order valence-electron chi connectivity index (χ2n) is 6.15. The zero-order valence-corrected chi connectivity index (χ0v) is 16.3. The molecule has 2 heterocycles. The first-order chi connectivity index (χ1) is 11.5. The molecule has 1 saturated heterocycles. The third kappa shape index (κ3) is 4.79. The number of nitrogens with zero attached hydrogens (tertiary/aromatic N) is 1. The lowest BCUT2D eigenvalue weighted by Gasteiger charge is -2.24. The van der Waals surface area contributed by atoms with Crippen molar-refractivity contribution in [2.75, 3.05) is 19.8 Å². The van der Waals surface area contributed by atoms with E-state index >= 15 is 0 Å². The molecule has 136 valence electrons. The van der Waals surface area contributed by atoms with E-state index in [1.165, 1.54) is 5.56 Å². The summed E-state index contributed by atoms with van der Waals surface area (Å²) in [6.07, 6.45) is 0. The van der Waals surface area contributed by atoms with Gasteiger partial charge in [-0.25, -0.2) is 4.98 Å². The van der Waals surface area contributed by atoms with Gasteiger partial charge in [-0.05, 0) is 20.8 Å². The highest BCUT2D eigenvalue weighted by molar-refractivity contribution is 7.15. The predicted octanol–water partition coefficient (Wildman–Crippen LogP) is 3.01. The first-order valence-corrected chi connectivity index (χ1v) is 9.02. The van der Waals surface area contributed by atoms with Gasteiger partial charge in [0.2, 0.25) is 5.91 Å². The molecular weight excluding hydrogens is 358 g/mol. The van der Waals surface area contributed by atoms with Crippen LogP contribution in [-0.4, -0.2) is 36.7 Å². The van der Waals surface area contributed by atoms with E-state index in [0.29, 0.717) is 19.8 Å². The molecule has 2 atom stereocenters. The molecule has 0 saturated carbocycles. The summed E-state index contributed by atoms with van der Waals surface area (Å²) in [6, 6.07) is 8.01. The van der Waals surface area contributed by atoms with Crippen molar-refractivity contribution in [3.8, 4) is 10.6 Å². The maximum absolute atomic E-state index is 12.3. The summed E-state index contributed by atoms with van der Waals surface area (Å²) in [6.45, 7) is 7.86. The minimum atomic E-state index is -0.272. The SMILES string of the molecule is Cc1ccc(-c2nc(C)c(C(C)NC(=O)C3COCCN3)s2)cc1.Cl. The number of carbonyl (C=O) groups is 1. The van der Waals surface area contributed by atoms with E-state index in [1.807, 2.05) is 13.8 Å². The summed E-state index contributed by atoms with van der Waals surface area (Å²) >= 11 is 1.64. The molecule has 2 unspecified atom stereocenters. The fraction of sp³-hybridized carbons (Fsp3) is 0.444.